The minimum absolute atomic E-state index is 0.0619. The average molecular weight is 424 g/mol. The van der Waals surface area contributed by atoms with E-state index in [0.717, 1.165) is 0 Å². The number of aryl methyl sites for hydroxylation is 1. The van der Waals surface area contributed by atoms with Gasteiger partial charge in [-0.05, 0) is 19.1 Å². The molecule has 0 aliphatic heterocycles. The summed E-state index contributed by atoms with van der Waals surface area (Å²) >= 11 is 0. The van der Waals surface area contributed by atoms with Gasteiger partial charge < -0.3 is 14.8 Å². The molecule has 8 nitrogen and oxygen atoms in total. The first-order valence-electron chi connectivity index (χ1n) is 9.58. The Hall–Kier alpha value is -3.88. The number of methoxy groups -OCH3 is 2. The van der Waals surface area contributed by atoms with E-state index >= 15 is 0 Å². The number of halogens is 1. The number of nitrogens with one attached hydrogen (secondary N) is 1. The predicted molar refractivity (Wildman–Crippen MR) is 113 cm³/mol. The molecule has 0 atom stereocenters. The summed E-state index contributed by atoms with van der Waals surface area (Å²) in [7, 11) is 3.04. The Balaban J connectivity index is 1.79. The highest BCUT2D eigenvalue weighted by atomic mass is 19.1. The number of hydrogen-bond donors (Lipinski definition) is 1. The number of carbonyl (C=O) groups is 1. The SMILES string of the molecule is COc1cc2c(cc1OC)n(CC(=O)NCc1ccccc1F)n1c(C)cc(=O)nc21. The van der Waals surface area contributed by atoms with E-state index in [1.807, 2.05) is 0 Å². The molecule has 0 unspecified atom stereocenters. The molecule has 2 aromatic heterocycles. The molecule has 160 valence electrons. The highest BCUT2D eigenvalue weighted by Gasteiger charge is 2.19. The zero-order valence-corrected chi connectivity index (χ0v) is 17.3. The summed E-state index contributed by atoms with van der Waals surface area (Å²) in [6.45, 7) is 1.75. The molecule has 31 heavy (non-hydrogen) atoms. The van der Waals surface area contributed by atoms with Gasteiger partial charge in [-0.25, -0.2) is 8.91 Å². The average Bonchev–Trinajstić information content (AvgIpc) is 3.04. The van der Waals surface area contributed by atoms with Crippen LogP contribution < -0.4 is 20.3 Å². The molecule has 9 heteroatoms. The van der Waals surface area contributed by atoms with Crippen molar-refractivity contribution in [2.45, 2.75) is 20.0 Å². The lowest BCUT2D eigenvalue weighted by molar-refractivity contribution is -0.122. The molecular weight excluding hydrogens is 403 g/mol. The summed E-state index contributed by atoms with van der Waals surface area (Å²) in [4.78, 5) is 28.9. The summed E-state index contributed by atoms with van der Waals surface area (Å²) < 4.78 is 28.0. The fourth-order valence-corrected chi connectivity index (χ4v) is 3.62. The van der Waals surface area contributed by atoms with Crippen LogP contribution in [0.1, 0.15) is 11.3 Å². The van der Waals surface area contributed by atoms with Gasteiger partial charge in [-0.15, -0.1) is 0 Å². The number of nitrogens with zero attached hydrogens (tertiary/aromatic N) is 3. The van der Waals surface area contributed by atoms with Gasteiger partial charge in [0.05, 0.1) is 19.7 Å². The van der Waals surface area contributed by atoms with Crippen molar-refractivity contribution in [3.05, 3.63) is 69.9 Å². The zero-order valence-electron chi connectivity index (χ0n) is 17.3. The quantitative estimate of drug-likeness (QED) is 0.514. The standard InChI is InChI=1S/C22H21FN4O4/c1-13-8-20(28)25-22-15-9-18(30-2)19(31-3)10-17(15)26(27(13)22)12-21(29)24-11-14-6-4-5-7-16(14)23/h4-10H,11-12H2,1-3H3,(H,24,29). The largest absolute Gasteiger partial charge is 0.493 e. The zero-order chi connectivity index (χ0) is 22.1. The topological polar surface area (TPSA) is 86.9 Å². The van der Waals surface area contributed by atoms with Crippen LogP contribution in [0.3, 0.4) is 0 Å². The van der Waals surface area contributed by atoms with Gasteiger partial charge in [-0.3, -0.25) is 14.3 Å². The van der Waals surface area contributed by atoms with Crippen LogP contribution in [0, 0.1) is 12.7 Å². The molecule has 0 radical (unpaired) electrons. The third-order valence-electron chi connectivity index (χ3n) is 5.07. The summed E-state index contributed by atoms with van der Waals surface area (Å²) in [5, 5.41) is 3.38. The number of fused-ring (bicyclic) bond motifs is 3. The Morgan fingerprint density at radius 2 is 1.84 bits per heavy atom. The van der Waals surface area contributed by atoms with Crippen LogP contribution in [0.5, 0.6) is 11.5 Å². The van der Waals surface area contributed by atoms with Crippen LogP contribution in [0.4, 0.5) is 4.39 Å². The molecule has 0 bridgehead atoms. The highest BCUT2D eigenvalue weighted by molar-refractivity contribution is 5.96. The van der Waals surface area contributed by atoms with Crippen molar-refractivity contribution in [3.63, 3.8) is 0 Å². The number of benzene rings is 2. The Morgan fingerprint density at radius 1 is 1.13 bits per heavy atom. The fraction of sp³-hybridized carbons (Fsp3) is 0.227. The van der Waals surface area contributed by atoms with E-state index in [4.69, 9.17) is 9.47 Å². The summed E-state index contributed by atoms with van der Waals surface area (Å²) in [5.41, 5.74) is 1.68. The second kappa shape index (κ2) is 8.10. The normalized spacial score (nSPS) is 11.1. The molecule has 2 aromatic carbocycles. The smallest absolute Gasteiger partial charge is 0.273 e. The second-order valence-electron chi connectivity index (χ2n) is 7.02. The monoisotopic (exact) mass is 424 g/mol. The van der Waals surface area contributed by atoms with Gasteiger partial charge in [-0.1, -0.05) is 18.2 Å². The van der Waals surface area contributed by atoms with Crippen LogP contribution >= 0.6 is 0 Å². The van der Waals surface area contributed by atoms with Crippen molar-refractivity contribution in [2.24, 2.45) is 0 Å². The molecule has 1 amide bonds. The van der Waals surface area contributed by atoms with Crippen molar-refractivity contribution in [1.82, 2.24) is 19.5 Å². The first kappa shape index (κ1) is 20.4. The summed E-state index contributed by atoms with van der Waals surface area (Å²) in [6.07, 6.45) is 0. The third kappa shape index (κ3) is 3.70. The van der Waals surface area contributed by atoms with Gasteiger partial charge in [0.25, 0.3) is 5.56 Å². The number of amides is 1. The third-order valence-corrected chi connectivity index (χ3v) is 5.07. The number of carbonyl (C=O) groups excluding carboxylic acids is 1. The molecule has 1 N–H and O–H groups in total. The van der Waals surface area contributed by atoms with Crippen LogP contribution in [0.25, 0.3) is 16.6 Å². The highest BCUT2D eigenvalue weighted by Crippen LogP contribution is 2.34. The maximum Gasteiger partial charge on any atom is 0.273 e. The van der Waals surface area contributed by atoms with Gasteiger partial charge in [0, 0.05) is 35.3 Å². The van der Waals surface area contributed by atoms with E-state index < -0.39 is 0 Å². The minimum Gasteiger partial charge on any atom is -0.493 e. The fourth-order valence-electron chi connectivity index (χ4n) is 3.62. The molecule has 4 rings (SSSR count). The maximum atomic E-state index is 13.9. The van der Waals surface area contributed by atoms with Crippen LogP contribution in [0.15, 0.2) is 47.3 Å². The van der Waals surface area contributed by atoms with Crippen LogP contribution in [0.2, 0.25) is 0 Å². The number of aromatic nitrogens is 3. The van der Waals surface area contributed by atoms with Gasteiger partial charge in [0.1, 0.15) is 12.4 Å². The molecule has 0 saturated heterocycles. The number of hydrogen-bond acceptors (Lipinski definition) is 5. The Morgan fingerprint density at radius 3 is 2.55 bits per heavy atom. The molecule has 0 saturated carbocycles. The summed E-state index contributed by atoms with van der Waals surface area (Å²) in [5.74, 6) is 0.254. The molecule has 0 fully saturated rings. The van der Waals surface area contributed by atoms with E-state index in [0.29, 0.717) is 39.3 Å². The summed E-state index contributed by atoms with van der Waals surface area (Å²) in [6, 6.07) is 11.1. The number of rotatable bonds is 6. The van der Waals surface area contributed by atoms with Gasteiger partial charge in [-0.2, -0.15) is 4.98 Å². The van der Waals surface area contributed by atoms with E-state index in [-0.39, 0.29) is 30.4 Å². The molecule has 0 aliphatic carbocycles. The van der Waals surface area contributed by atoms with E-state index in [2.05, 4.69) is 10.3 Å². The molecular formula is C22H21FN4O4. The van der Waals surface area contributed by atoms with E-state index in [9.17, 15) is 14.0 Å². The predicted octanol–water partition coefficient (Wildman–Crippen LogP) is 2.43. The van der Waals surface area contributed by atoms with Crippen molar-refractivity contribution in [1.29, 1.82) is 0 Å². The van der Waals surface area contributed by atoms with Crippen LogP contribution in [-0.4, -0.2) is 34.3 Å². The van der Waals surface area contributed by atoms with Crippen molar-refractivity contribution >= 4 is 22.5 Å². The molecule has 0 spiro atoms. The Labute approximate surface area is 176 Å². The second-order valence-corrected chi connectivity index (χ2v) is 7.02. The lowest BCUT2D eigenvalue weighted by Gasteiger charge is -2.12. The molecule has 0 aliphatic rings. The first-order valence-corrected chi connectivity index (χ1v) is 9.58. The van der Waals surface area contributed by atoms with Gasteiger partial charge >= 0.3 is 0 Å². The van der Waals surface area contributed by atoms with Crippen molar-refractivity contribution < 1.29 is 18.7 Å². The van der Waals surface area contributed by atoms with Gasteiger partial charge in [0.15, 0.2) is 17.1 Å². The Kier molecular flexibility index (Phi) is 5.33. The number of ether oxygens (including phenoxy) is 2. The van der Waals surface area contributed by atoms with Gasteiger partial charge in [0.2, 0.25) is 5.91 Å². The lowest BCUT2D eigenvalue weighted by Crippen LogP contribution is -2.29. The van der Waals surface area contributed by atoms with E-state index in [1.165, 1.54) is 26.4 Å². The Bertz CT molecular complexity index is 1360. The van der Waals surface area contributed by atoms with Crippen molar-refractivity contribution in [2.75, 3.05) is 14.2 Å². The molecule has 4 aromatic rings. The van der Waals surface area contributed by atoms with Crippen molar-refractivity contribution in [3.8, 4) is 11.5 Å². The maximum absolute atomic E-state index is 13.9. The first-order chi connectivity index (χ1) is 14.9. The minimum atomic E-state index is -0.381. The van der Waals surface area contributed by atoms with Crippen LogP contribution in [-0.2, 0) is 17.9 Å². The lowest BCUT2D eigenvalue weighted by atomic mass is 10.2. The van der Waals surface area contributed by atoms with E-state index in [1.54, 1.807) is 46.5 Å². The molecule has 2 heterocycles.